The number of aryl methyl sites for hydroxylation is 1. The van der Waals surface area contributed by atoms with Crippen molar-refractivity contribution in [3.63, 3.8) is 0 Å². The first kappa shape index (κ1) is 18.0. The van der Waals surface area contributed by atoms with Crippen LogP contribution in [0.15, 0.2) is 80.8 Å². The normalized spacial score (nSPS) is 20.2. The number of rotatable bonds is 2. The highest BCUT2D eigenvalue weighted by Crippen LogP contribution is 2.48. The first-order valence-electron chi connectivity index (χ1n) is 9.23. The van der Waals surface area contributed by atoms with Crippen LogP contribution in [0.5, 0.6) is 5.75 Å². The van der Waals surface area contributed by atoms with Crippen molar-refractivity contribution in [1.29, 1.82) is 0 Å². The molecule has 0 aliphatic carbocycles. The fraction of sp³-hybridized carbons (Fsp3) is 0.174. The summed E-state index contributed by atoms with van der Waals surface area (Å²) in [4.78, 5) is 0. The molecule has 5 rings (SSSR count). The zero-order chi connectivity index (χ0) is 19.3. The average molecular weight is 498 g/mol. The first-order chi connectivity index (χ1) is 13.6. The Kier molecular flexibility index (Phi) is 4.52. The van der Waals surface area contributed by atoms with E-state index in [0.717, 1.165) is 32.4 Å². The number of hydrazone groups is 1. The summed E-state index contributed by atoms with van der Waals surface area (Å²) in [6.07, 6.45) is 0.623. The molecule has 0 fully saturated rings. The van der Waals surface area contributed by atoms with Crippen LogP contribution in [-0.4, -0.2) is 10.7 Å². The molecular weight excluding hydrogens is 480 g/mol. The maximum absolute atomic E-state index is 6.41. The van der Waals surface area contributed by atoms with Crippen LogP contribution in [-0.2, 0) is 0 Å². The second kappa shape index (κ2) is 7.05. The van der Waals surface area contributed by atoms with E-state index in [9.17, 15) is 0 Å². The summed E-state index contributed by atoms with van der Waals surface area (Å²) >= 11 is 7.13. The number of halogens is 2. The van der Waals surface area contributed by atoms with Crippen molar-refractivity contribution in [2.45, 2.75) is 25.6 Å². The lowest BCUT2D eigenvalue weighted by Crippen LogP contribution is -2.33. The van der Waals surface area contributed by atoms with E-state index in [2.05, 4.69) is 86.3 Å². The van der Waals surface area contributed by atoms with Gasteiger partial charge in [0.15, 0.2) is 0 Å². The fourth-order valence-electron chi connectivity index (χ4n) is 3.83. The van der Waals surface area contributed by atoms with Crippen LogP contribution in [0.2, 0.25) is 0 Å². The van der Waals surface area contributed by atoms with Crippen molar-refractivity contribution in [1.82, 2.24) is 5.01 Å². The van der Waals surface area contributed by atoms with Gasteiger partial charge in [0.05, 0.1) is 11.8 Å². The van der Waals surface area contributed by atoms with E-state index in [1.807, 2.05) is 24.3 Å². The van der Waals surface area contributed by atoms with E-state index in [0.29, 0.717) is 0 Å². The van der Waals surface area contributed by atoms with Crippen LogP contribution >= 0.6 is 31.9 Å². The third-order valence-electron chi connectivity index (χ3n) is 5.29. The summed E-state index contributed by atoms with van der Waals surface area (Å²) in [6.45, 7) is 2.11. The summed E-state index contributed by atoms with van der Waals surface area (Å²) in [7, 11) is 0. The van der Waals surface area contributed by atoms with Gasteiger partial charge in [-0.2, -0.15) is 5.10 Å². The van der Waals surface area contributed by atoms with Gasteiger partial charge in [-0.25, -0.2) is 5.01 Å². The van der Waals surface area contributed by atoms with Crippen molar-refractivity contribution in [2.24, 2.45) is 5.10 Å². The summed E-state index contributed by atoms with van der Waals surface area (Å²) in [6, 6.07) is 23.3. The largest absolute Gasteiger partial charge is 0.464 e. The molecule has 28 heavy (non-hydrogen) atoms. The van der Waals surface area contributed by atoms with Gasteiger partial charge in [0.25, 0.3) is 0 Å². The highest BCUT2D eigenvalue weighted by molar-refractivity contribution is 9.10. The third-order valence-corrected chi connectivity index (χ3v) is 6.31. The predicted octanol–water partition coefficient (Wildman–Crippen LogP) is 6.76. The Bertz CT molecular complexity index is 1060. The van der Waals surface area contributed by atoms with Crippen LogP contribution in [0, 0.1) is 6.92 Å². The van der Waals surface area contributed by atoms with E-state index in [4.69, 9.17) is 9.84 Å². The molecule has 0 spiro atoms. The molecule has 2 unspecified atom stereocenters. The minimum atomic E-state index is -0.241. The van der Waals surface area contributed by atoms with E-state index < -0.39 is 0 Å². The topological polar surface area (TPSA) is 24.8 Å². The lowest BCUT2D eigenvalue weighted by molar-refractivity contribution is -0.0190. The molecule has 2 aliphatic rings. The summed E-state index contributed by atoms with van der Waals surface area (Å²) in [5, 5.41) is 7.13. The number of hydrogen-bond donors (Lipinski definition) is 0. The minimum absolute atomic E-state index is 0.159. The summed E-state index contributed by atoms with van der Waals surface area (Å²) < 4.78 is 8.52. The molecule has 0 radical (unpaired) electrons. The standard InChI is InChI=1S/C23H18Br2N2O/c1-14-2-4-15(5-3-14)20-13-21-19-12-18(25)10-11-22(19)28-23(27(21)26-20)16-6-8-17(24)9-7-16/h2-12,21,23H,13H2,1H3. The van der Waals surface area contributed by atoms with Crippen molar-refractivity contribution >= 4 is 37.6 Å². The van der Waals surface area contributed by atoms with Crippen LogP contribution < -0.4 is 4.74 Å². The molecule has 140 valence electrons. The van der Waals surface area contributed by atoms with E-state index >= 15 is 0 Å². The Morgan fingerprint density at radius 1 is 0.929 bits per heavy atom. The highest BCUT2D eigenvalue weighted by Gasteiger charge is 2.41. The van der Waals surface area contributed by atoms with Gasteiger partial charge in [-0.05, 0) is 42.8 Å². The van der Waals surface area contributed by atoms with E-state index in [1.54, 1.807) is 0 Å². The molecular formula is C23H18Br2N2O. The van der Waals surface area contributed by atoms with Gasteiger partial charge >= 0.3 is 0 Å². The molecule has 2 aliphatic heterocycles. The van der Waals surface area contributed by atoms with Gasteiger partial charge < -0.3 is 4.74 Å². The second-order valence-electron chi connectivity index (χ2n) is 7.22. The molecule has 0 saturated carbocycles. The molecule has 0 N–H and O–H groups in total. The molecule has 3 nitrogen and oxygen atoms in total. The number of fused-ring (bicyclic) bond motifs is 3. The number of hydrogen-bond acceptors (Lipinski definition) is 3. The Morgan fingerprint density at radius 2 is 1.64 bits per heavy atom. The molecule has 0 aromatic heterocycles. The predicted molar refractivity (Wildman–Crippen MR) is 119 cm³/mol. The smallest absolute Gasteiger partial charge is 0.213 e. The molecule has 0 amide bonds. The average Bonchev–Trinajstić information content (AvgIpc) is 3.14. The Labute approximate surface area is 181 Å². The minimum Gasteiger partial charge on any atom is -0.464 e. The third kappa shape index (κ3) is 3.16. The zero-order valence-corrected chi connectivity index (χ0v) is 18.4. The maximum atomic E-state index is 6.41. The summed E-state index contributed by atoms with van der Waals surface area (Å²) in [5.74, 6) is 0.928. The zero-order valence-electron chi connectivity index (χ0n) is 15.3. The monoisotopic (exact) mass is 496 g/mol. The van der Waals surface area contributed by atoms with Gasteiger partial charge in [-0.15, -0.1) is 0 Å². The van der Waals surface area contributed by atoms with Crippen LogP contribution in [0.25, 0.3) is 0 Å². The van der Waals surface area contributed by atoms with E-state index in [1.165, 1.54) is 16.7 Å². The van der Waals surface area contributed by atoms with Crippen LogP contribution in [0.4, 0.5) is 0 Å². The molecule has 5 heteroatoms. The van der Waals surface area contributed by atoms with Gasteiger partial charge in [-0.1, -0.05) is 73.8 Å². The molecule has 2 atom stereocenters. The highest BCUT2D eigenvalue weighted by atomic mass is 79.9. The summed E-state index contributed by atoms with van der Waals surface area (Å²) in [5.41, 5.74) is 5.80. The van der Waals surface area contributed by atoms with Gasteiger partial charge in [-0.3, -0.25) is 0 Å². The number of nitrogens with zero attached hydrogens (tertiary/aromatic N) is 2. The number of benzene rings is 3. The van der Waals surface area contributed by atoms with Crippen LogP contribution in [0.1, 0.15) is 40.9 Å². The fourth-order valence-corrected chi connectivity index (χ4v) is 4.47. The van der Waals surface area contributed by atoms with Gasteiger partial charge in [0, 0.05) is 26.5 Å². The van der Waals surface area contributed by atoms with Crippen molar-refractivity contribution in [2.75, 3.05) is 0 Å². The van der Waals surface area contributed by atoms with Crippen LogP contribution in [0.3, 0.4) is 0 Å². The van der Waals surface area contributed by atoms with E-state index in [-0.39, 0.29) is 12.3 Å². The molecule has 3 aromatic carbocycles. The molecule has 3 aromatic rings. The first-order valence-corrected chi connectivity index (χ1v) is 10.8. The quantitative estimate of drug-likeness (QED) is 0.390. The molecule has 0 bridgehead atoms. The second-order valence-corrected chi connectivity index (χ2v) is 9.05. The maximum Gasteiger partial charge on any atom is 0.213 e. The molecule has 2 heterocycles. The Balaban J connectivity index is 1.59. The van der Waals surface area contributed by atoms with Crippen molar-refractivity contribution in [3.05, 3.63) is 97.9 Å². The SMILES string of the molecule is Cc1ccc(C2=NN3C(C2)c2cc(Br)ccc2OC3c2ccc(Br)cc2)cc1. The van der Waals surface area contributed by atoms with Gasteiger partial charge in [0.2, 0.25) is 6.23 Å². The Hall–Kier alpha value is -2.11. The lowest BCUT2D eigenvalue weighted by atomic mass is 9.95. The van der Waals surface area contributed by atoms with Crippen molar-refractivity contribution < 1.29 is 4.74 Å². The van der Waals surface area contributed by atoms with Crippen molar-refractivity contribution in [3.8, 4) is 5.75 Å². The molecule has 0 saturated heterocycles. The Morgan fingerprint density at radius 3 is 2.39 bits per heavy atom. The van der Waals surface area contributed by atoms with Gasteiger partial charge in [0.1, 0.15) is 5.75 Å². The number of ether oxygens (including phenoxy) is 1. The lowest BCUT2D eigenvalue weighted by Gasteiger charge is -2.38.